The first-order chi connectivity index (χ1) is 6.11. The molecular formula is C11H18ClN. The van der Waals surface area contributed by atoms with E-state index in [0.29, 0.717) is 11.5 Å². The van der Waals surface area contributed by atoms with E-state index in [0.717, 1.165) is 11.6 Å². The summed E-state index contributed by atoms with van der Waals surface area (Å²) in [6.45, 7) is 8.21. The van der Waals surface area contributed by atoms with Gasteiger partial charge in [-0.2, -0.15) is 0 Å². The molecule has 2 heteroatoms. The fraction of sp³-hybridized carbons (Fsp3) is 0.818. The smallest absolute Gasteiger partial charge is 0.0338 e. The summed E-state index contributed by atoms with van der Waals surface area (Å²) in [6, 6.07) is 0.704. The third-order valence-corrected chi connectivity index (χ3v) is 3.80. The van der Waals surface area contributed by atoms with E-state index < -0.39 is 0 Å². The molecule has 1 unspecified atom stereocenters. The zero-order valence-corrected chi connectivity index (χ0v) is 9.11. The monoisotopic (exact) mass is 199 g/mol. The van der Waals surface area contributed by atoms with Crippen LogP contribution in [0.25, 0.3) is 0 Å². The van der Waals surface area contributed by atoms with Crippen LogP contribution in [-0.2, 0) is 0 Å². The summed E-state index contributed by atoms with van der Waals surface area (Å²) in [5.74, 6) is 0. The molecule has 1 heterocycles. The van der Waals surface area contributed by atoms with Crippen molar-refractivity contribution < 1.29 is 0 Å². The molecule has 0 aromatic carbocycles. The molecule has 0 amide bonds. The SMILES string of the molecule is C=C(Cl)CN1CC2(CCC2)CC1C. The van der Waals surface area contributed by atoms with E-state index in [1.54, 1.807) is 0 Å². The van der Waals surface area contributed by atoms with Crippen LogP contribution in [0.4, 0.5) is 0 Å². The standard InChI is InChI=1S/C11H18ClN/c1-9(12)7-13-8-11(4-3-5-11)6-10(13)2/h10H,1,3-8H2,2H3. The van der Waals surface area contributed by atoms with Crippen molar-refractivity contribution >= 4 is 11.6 Å². The maximum absolute atomic E-state index is 5.84. The van der Waals surface area contributed by atoms with Gasteiger partial charge in [0.1, 0.15) is 0 Å². The molecule has 1 atom stereocenters. The minimum Gasteiger partial charge on any atom is -0.295 e. The zero-order chi connectivity index (χ0) is 9.47. The van der Waals surface area contributed by atoms with Crippen molar-refractivity contribution in [2.75, 3.05) is 13.1 Å². The molecule has 1 aliphatic carbocycles. The van der Waals surface area contributed by atoms with Gasteiger partial charge in [-0.1, -0.05) is 24.6 Å². The van der Waals surface area contributed by atoms with Crippen molar-refractivity contribution in [3.8, 4) is 0 Å². The second kappa shape index (κ2) is 3.29. The summed E-state index contributed by atoms with van der Waals surface area (Å²) < 4.78 is 0. The normalized spacial score (nSPS) is 32.0. The summed E-state index contributed by atoms with van der Waals surface area (Å²) in [5.41, 5.74) is 0.672. The highest BCUT2D eigenvalue weighted by Crippen LogP contribution is 2.50. The Bertz CT molecular complexity index is 220. The predicted molar refractivity (Wildman–Crippen MR) is 56.9 cm³/mol. The maximum atomic E-state index is 5.84. The molecule has 0 aromatic rings. The van der Waals surface area contributed by atoms with E-state index in [2.05, 4.69) is 18.4 Å². The Kier molecular flexibility index (Phi) is 2.41. The van der Waals surface area contributed by atoms with Crippen LogP contribution in [-0.4, -0.2) is 24.0 Å². The zero-order valence-electron chi connectivity index (χ0n) is 8.35. The van der Waals surface area contributed by atoms with Gasteiger partial charge in [-0.15, -0.1) is 0 Å². The van der Waals surface area contributed by atoms with Gasteiger partial charge in [0.15, 0.2) is 0 Å². The van der Waals surface area contributed by atoms with Crippen molar-refractivity contribution in [2.24, 2.45) is 5.41 Å². The summed E-state index contributed by atoms with van der Waals surface area (Å²) >= 11 is 5.84. The van der Waals surface area contributed by atoms with Crippen molar-refractivity contribution in [1.82, 2.24) is 4.90 Å². The van der Waals surface area contributed by atoms with Gasteiger partial charge in [0.05, 0.1) is 0 Å². The second-order valence-electron chi connectivity index (χ2n) is 4.83. The van der Waals surface area contributed by atoms with E-state index in [1.807, 2.05) is 0 Å². The average Bonchev–Trinajstić information content (AvgIpc) is 2.27. The quantitative estimate of drug-likeness (QED) is 0.661. The van der Waals surface area contributed by atoms with Gasteiger partial charge >= 0.3 is 0 Å². The fourth-order valence-corrected chi connectivity index (χ4v) is 3.03. The van der Waals surface area contributed by atoms with E-state index in [-0.39, 0.29) is 0 Å². The largest absolute Gasteiger partial charge is 0.295 e. The van der Waals surface area contributed by atoms with Gasteiger partial charge in [-0.05, 0) is 31.6 Å². The van der Waals surface area contributed by atoms with Gasteiger partial charge in [0, 0.05) is 24.2 Å². The van der Waals surface area contributed by atoms with E-state index >= 15 is 0 Å². The Hall–Kier alpha value is -0.0100. The van der Waals surface area contributed by atoms with Crippen molar-refractivity contribution in [3.05, 3.63) is 11.6 Å². The molecule has 2 fully saturated rings. The van der Waals surface area contributed by atoms with Crippen LogP contribution < -0.4 is 0 Å². The van der Waals surface area contributed by atoms with Gasteiger partial charge in [-0.25, -0.2) is 0 Å². The third-order valence-electron chi connectivity index (χ3n) is 3.68. The molecule has 13 heavy (non-hydrogen) atoms. The highest BCUT2D eigenvalue weighted by Gasteiger charge is 2.45. The Morgan fingerprint density at radius 2 is 2.31 bits per heavy atom. The summed E-state index contributed by atoms with van der Waals surface area (Å²) in [5, 5.41) is 0.781. The number of halogens is 1. The molecule has 0 radical (unpaired) electrons. The molecule has 0 bridgehead atoms. The van der Waals surface area contributed by atoms with Crippen LogP contribution in [0.2, 0.25) is 0 Å². The highest BCUT2D eigenvalue weighted by atomic mass is 35.5. The summed E-state index contributed by atoms with van der Waals surface area (Å²) in [4.78, 5) is 2.48. The Balaban J connectivity index is 1.95. The van der Waals surface area contributed by atoms with Crippen LogP contribution in [0, 0.1) is 5.41 Å². The molecule has 1 saturated heterocycles. The Morgan fingerprint density at radius 3 is 2.69 bits per heavy atom. The first kappa shape index (κ1) is 9.54. The topological polar surface area (TPSA) is 3.24 Å². The van der Waals surface area contributed by atoms with Gasteiger partial charge < -0.3 is 0 Å². The third kappa shape index (κ3) is 1.77. The number of likely N-dealkylation sites (tertiary alicyclic amines) is 1. The van der Waals surface area contributed by atoms with Crippen LogP contribution in [0.3, 0.4) is 0 Å². The van der Waals surface area contributed by atoms with Crippen molar-refractivity contribution in [1.29, 1.82) is 0 Å². The Labute approximate surface area is 85.8 Å². The van der Waals surface area contributed by atoms with E-state index in [9.17, 15) is 0 Å². The molecule has 1 nitrogen and oxygen atoms in total. The number of rotatable bonds is 2. The van der Waals surface area contributed by atoms with Gasteiger partial charge in [-0.3, -0.25) is 4.90 Å². The molecule has 0 N–H and O–H groups in total. The summed E-state index contributed by atoms with van der Waals surface area (Å²) in [7, 11) is 0. The second-order valence-corrected chi connectivity index (χ2v) is 5.36. The summed E-state index contributed by atoms with van der Waals surface area (Å²) in [6.07, 6.45) is 5.67. The van der Waals surface area contributed by atoms with Crippen molar-refractivity contribution in [3.63, 3.8) is 0 Å². The highest BCUT2D eigenvalue weighted by molar-refractivity contribution is 6.29. The van der Waals surface area contributed by atoms with Crippen LogP contribution in [0.15, 0.2) is 11.6 Å². The Morgan fingerprint density at radius 1 is 1.62 bits per heavy atom. The van der Waals surface area contributed by atoms with Crippen LogP contribution >= 0.6 is 11.6 Å². The van der Waals surface area contributed by atoms with Crippen molar-refractivity contribution in [2.45, 2.75) is 38.6 Å². The molecule has 74 valence electrons. The van der Waals surface area contributed by atoms with Gasteiger partial charge in [0.25, 0.3) is 0 Å². The number of hydrogen-bond donors (Lipinski definition) is 0. The van der Waals surface area contributed by atoms with E-state index in [1.165, 1.54) is 32.2 Å². The molecule has 0 aromatic heterocycles. The predicted octanol–water partition coefficient (Wildman–Crippen LogP) is 3.00. The minimum atomic E-state index is 0.672. The lowest BCUT2D eigenvalue weighted by Crippen LogP contribution is -2.34. The minimum absolute atomic E-state index is 0.672. The lowest BCUT2D eigenvalue weighted by Gasteiger charge is -2.38. The first-order valence-electron chi connectivity index (χ1n) is 5.19. The van der Waals surface area contributed by atoms with E-state index in [4.69, 9.17) is 11.6 Å². The van der Waals surface area contributed by atoms with Crippen LogP contribution in [0.1, 0.15) is 32.6 Å². The van der Waals surface area contributed by atoms with Crippen LogP contribution in [0.5, 0.6) is 0 Å². The molecule has 1 saturated carbocycles. The van der Waals surface area contributed by atoms with Gasteiger partial charge in [0.2, 0.25) is 0 Å². The molecule has 1 aliphatic heterocycles. The fourth-order valence-electron chi connectivity index (χ4n) is 2.88. The molecule has 1 spiro atoms. The average molecular weight is 200 g/mol. The lowest BCUT2D eigenvalue weighted by atomic mass is 9.68. The number of nitrogens with zero attached hydrogens (tertiary/aromatic N) is 1. The number of hydrogen-bond acceptors (Lipinski definition) is 1. The molecule has 2 aliphatic rings. The molecular weight excluding hydrogens is 182 g/mol. The lowest BCUT2D eigenvalue weighted by molar-refractivity contribution is 0.142. The maximum Gasteiger partial charge on any atom is 0.0338 e. The molecule has 2 rings (SSSR count). The first-order valence-corrected chi connectivity index (χ1v) is 5.56.